The molecule has 0 bridgehead atoms. The van der Waals surface area contributed by atoms with Gasteiger partial charge >= 0.3 is 0 Å². The van der Waals surface area contributed by atoms with E-state index in [-0.39, 0.29) is 18.1 Å². The fourth-order valence-electron chi connectivity index (χ4n) is 3.31. The molecule has 4 heterocycles. The third-order valence-electron chi connectivity index (χ3n) is 4.56. The highest BCUT2D eigenvalue weighted by molar-refractivity contribution is 7.16. The fraction of sp³-hybridized carbons (Fsp3) is 0.529. The molecular weight excluding hydrogens is 328 g/mol. The number of nitrogens with zero attached hydrogens (tertiary/aromatic N) is 2. The molecule has 2 aliphatic heterocycles. The van der Waals surface area contributed by atoms with Crippen LogP contribution in [-0.2, 0) is 22.5 Å². The van der Waals surface area contributed by atoms with Gasteiger partial charge in [-0.15, -0.1) is 22.7 Å². The summed E-state index contributed by atoms with van der Waals surface area (Å²) in [5, 5.41) is 3.21. The molecule has 1 saturated heterocycles. The molecule has 1 fully saturated rings. The standard InChI is InChI=1S/C17H20N2O2S2/c1-10-3-4-14(21-10)17(20)19-6-5-15-12(8-19)7-16(23-15)13-9-22-11(2)18-13/h7,9-10,14H,3-6,8H2,1-2H3/t10-,14+/m0/s1. The summed E-state index contributed by atoms with van der Waals surface area (Å²) in [4.78, 5) is 21.8. The number of hydrogen-bond acceptors (Lipinski definition) is 5. The molecule has 0 aromatic carbocycles. The molecule has 0 aliphatic carbocycles. The highest BCUT2D eigenvalue weighted by atomic mass is 32.1. The first-order valence-electron chi connectivity index (χ1n) is 8.08. The normalized spacial score (nSPS) is 24.0. The largest absolute Gasteiger partial charge is 0.365 e. The van der Waals surface area contributed by atoms with E-state index in [0.717, 1.165) is 36.5 Å². The minimum absolute atomic E-state index is 0.164. The van der Waals surface area contributed by atoms with E-state index in [1.807, 2.05) is 30.1 Å². The van der Waals surface area contributed by atoms with Crippen molar-refractivity contribution in [2.45, 2.75) is 51.9 Å². The maximum absolute atomic E-state index is 12.6. The Morgan fingerprint density at radius 2 is 2.30 bits per heavy atom. The van der Waals surface area contributed by atoms with Crippen LogP contribution in [-0.4, -0.2) is 34.5 Å². The zero-order valence-electron chi connectivity index (χ0n) is 13.4. The average Bonchev–Trinajstić information content (AvgIpc) is 3.24. The fourth-order valence-corrected chi connectivity index (χ4v) is 5.12. The number of amides is 1. The number of hydrogen-bond donors (Lipinski definition) is 0. The Hall–Kier alpha value is -1.24. The zero-order chi connectivity index (χ0) is 16.0. The number of rotatable bonds is 2. The van der Waals surface area contributed by atoms with E-state index in [0.29, 0.717) is 6.54 Å². The first kappa shape index (κ1) is 15.3. The van der Waals surface area contributed by atoms with Crippen LogP contribution < -0.4 is 0 Å². The van der Waals surface area contributed by atoms with Crippen LogP contribution in [0.25, 0.3) is 10.6 Å². The third-order valence-corrected chi connectivity index (χ3v) is 6.59. The second kappa shape index (κ2) is 6.00. The van der Waals surface area contributed by atoms with Crippen molar-refractivity contribution in [3.8, 4) is 10.6 Å². The summed E-state index contributed by atoms with van der Waals surface area (Å²) in [6.07, 6.45) is 2.77. The molecule has 4 rings (SSSR count). The second-order valence-electron chi connectivity index (χ2n) is 6.33. The van der Waals surface area contributed by atoms with Crippen LogP contribution in [0.5, 0.6) is 0 Å². The van der Waals surface area contributed by atoms with Crippen molar-refractivity contribution >= 4 is 28.6 Å². The molecule has 23 heavy (non-hydrogen) atoms. The lowest BCUT2D eigenvalue weighted by Gasteiger charge is -2.29. The Morgan fingerprint density at radius 3 is 3.00 bits per heavy atom. The molecule has 0 spiro atoms. The zero-order valence-corrected chi connectivity index (χ0v) is 15.0. The van der Waals surface area contributed by atoms with E-state index in [1.54, 1.807) is 11.3 Å². The summed E-state index contributed by atoms with van der Waals surface area (Å²) >= 11 is 3.51. The van der Waals surface area contributed by atoms with Crippen LogP contribution >= 0.6 is 22.7 Å². The van der Waals surface area contributed by atoms with Gasteiger partial charge in [-0.1, -0.05) is 0 Å². The molecule has 2 aromatic heterocycles. The SMILES string of the molecule is Cc1nc(-c2cc3c(s2)CCN(C(=O)[C@H]2CC[C@H](C)O2)C3)cs1. The Kier molecular flexibility index (Phi) is 3.99. The van der Waals surface area contributed by atoms with E-state index in [9.17, 15) is 4.79 Å². The number of aryl methyl sites for hydroxylation is 1. The van der Waals surface area contributed by atoms with Crippen molar-refractivity contribution in [3.63, 3.8) is 0 Å². The predicted octanol–water partition coefficient (Wildman–Crippen LogP) is 3.63. The monoisotopic (exact) mass is 348 g/mol. The van der Waals surface area contributed by atoms with Crippen LogP contribution in [0.1, 0.15) is 35.2 Å². The van der Waals surface area contributed by atoms with Crippen LogP contribution in [0, 0.1) is 6.92 Å². The van der Waals surface area contributed by atoms with Crippen molar-refractivity contribution in [1.82, 2.24) is 9.88 Å². The van der Waals surface area contributed by atoms with Crippen molar-refractivity contribution in [1.29, 1.82) is 0 Å². The molecule has 4 nitrogen and oxygen atoms in total. The summed E-state index contributed by atoms with van der Waals surface area (Å²) in [7, 11) is 0. The highest BCUT2D eigenvalue weighted by Crippen LogP contribution is 2.35. The molecule has 6 heteroatoms. The minimum Gasteiger partial charge on any atom is -0.365 e. The van der Waals surface area contributed by atoms with Crippen LogP contribution in [0.15, 0.2) is 11.4 Å². The average molecular weight is 348 g/mol. The number of ether oxygens (including phenoxy) is 1. The number of thiophene rings is 1. The van der Waals surface area contributed by atoms with E-state index in [1.165, 1.54) is 15.3 Å². The topological polar surface area (TPSA) is 42.4 Å². The lowest BCUT2D eigenvalue weighted by atomic mass is 10.1. The molecule has 1 amide bonds. The third kappa shape index (κ3) is 2.95. The molecule has 0 radical (unpaired) electrons. The van der Waals surface area contributed by atoms with E-state index in [2.05, 4.69) is 16.4 Å². The van der Waals surface area contributed by atoms with Gasteiger partial charge in [-0.05, 0) is 44.7 Å². The second-order valence-corrected chi connectivity index (χ2v) is 8.53. The smallest absolute Gasteiger partial charge is 0.252 e. The van der Waals surface area contributed by atoms with Gasteiger partial charge in [-0.2, -0.15) is 0 Å². The van der Waals surface area contributed by atoms with Gasteiger partial charge in [0.1, 0.15) is 6.10 Å². The van der Waals surface area contributed by atoms with Crippen LogP contribution in [0.2, 0.25) is 0 Å². The Morgan fingerprint density at radius 1 is 1.43 bits per heavy atom. The van der Waals surface area contributed by atoms with Gasteiger partial charge in [0.15, 0.2) is 0 Å². The summed E-state index contributed by atoms with van der Waals surface area (Å²) in [6, 6.07) is 2.21. The number of thiazole rings is 1. The van der Waals surface area contributed by atoms with Crippen molar-refractivity contribution in [2.75, 3.05) is 6.54 Å². The van der Waals surface area contributed by atoms with E-state index < -0.39 is 0 Å². The van der Waals surface area contributed by atoms with Crippen molar-refractivity contribution in [3.05, 3.63) is 26.9 Å². The van der Waals surface area contributed by atoms with E-state index >= 15 is 0 Å². The number of fused-ring (bicyclic) bond motifs is 1. The Labute approximate surface area is 144 Å². The molecule has 2 aliphatic rings. The maximum atomic E-state index is 12.6. The Bertz CT molecular complexity index is 737. The van der Waals surface area contributed by atoms with Crippen LogP contribution in [0.4, 0.5) is 0 Å². The predicted molar refractivity (Wildman–Crippen MR) is 92.9 cm³/mol. The molecule has 0 unspecified atom stereocenters. The van der Waals surface area contributed by atoms with Gasteiger partial charge < -0.3 is 9.64 Å². The van der Waals surface area contributed by atoms with Gasteiger partial charge in [0.05, 0.1) is 21.7 Å². The lowest BCUT2D eigenvalue weighted by molar-refractivity contribution is -0.143. The molecule has 122 valence electrons. The lowest BCUT2D eigenvalue weighted by Crippen LogP contribution is -2.41. The van der Waals surface area contributed by atoms with Crippen LogP contribution in [0.3, 0.4) is 0 Å². The Balaban J connectivity index is 1.51. The van der Waals surface area contributed by atoms with E-state index in [4.69, 9.17) is 4.74 Å². The summed E-state index contributed by atoms with van der Waals surface area (Å²) in [6.45, 7) is 5.59. The molecule has 2 atom stereocenters. The minimum atomic E-state index is -0.231. The highest BCUT2D eigenvalue weighted by Gasteiger charge is 2.33. The quantitative estimate of drug-likeness (QED) is 0.832. The van der Waals surface area contributed by atoms with Gasteiger partial charge in [-0.25, -0.2) is 4.98 Å². The first-order chi connectivity index (χ1) is 11.1. The van der Waals surface area contributed by atoms with Crippen molar-refractivity contribution in [2.24, 2.45) is 0 Å². The van der Waals surface area contributed by atoms with Crippen molar-refractivity contribution < 1.29 is 9.53 Å². The number of carbonyl (C=O) groups is 1. The molecule has 2 aromatic rings. The molecule has 0 N–H and O–H groups in total. The first-order valence-corrected chi connectivity index (χ1v) is 9.78. The summed E-state index contributed by atoms with van der Waals surface area (Å²) in [5.74, 6) is 0.164. The van der Waals surface area contributed by atoms with Gasteiger partial charge in [-0.3, -0.25) is 4.79 Å². The van der Waals surface area contributed by atoms with Gasteiger partial charge in [0, 0.05) is 23.3 Å². The number of aromatic nitrogens is 1. The summed E-state index contributed by atoms with van der Waals surface area (Å²) < 4.78 is 5.74. The van der Waals surface area contributed by atoms with Gasteiger partial charge in [0.2, 0.25) is 0 Å². The molecule has 0 saturated carbocycles. The number of carbonyl (C=O) groups excluding carboxylic acids is 1. The maximum Gasteiger partial charge on any atom is 0.252 e. The molecular formula is C17H20N2O2S2. The van der Waals surface area contributed by atoms with Gasteiger partial charge in [0.25, 0.3) is 5.91 Å². The summed E-state index contributed by atoms with van der Waals surface area (Å²) in [5.41, 5.74) is 2.35.